The minimum Gasteiger partial charge on any atom is -0.380 e. The molecule has 4 rings (SSSR count). The molecule has 3 aromatic rings. The van der Waals surface area contributed by atoms with Gasteiger partial charge in [0.2, 0.25) is 10.0 Å². The van der Waals surface area contributed by atoms with E-state index in [1.165, 1.54) is 8.99 Å². The number of anilines is 1. The van der Waals surface area contributed by atoms with Crippen LogP contribution < -0.4 is 4.90 Å². The van der Waals surface area contributed by atoms with Crippen molar-refractivity contribution in [2.45, 2.75) is 18.4 Å². The Morgan fingerprint density at radius 3 is 2.37 bits per heavy atom. The molecule has 0 aliphatic carbocycles. The van der Waals surface area contributed by atoms with Gasteiger partial charge < -0.3 is 9.64 Å². The van der Waals surface area contributed by atoms with Crippen molar-refractivity contribution < 1.29 is 13.2 Å². The number of hydrogen-bond acceptors (Lipinski definition) is 8. The Labute approximate surface area is 207 Å². The number of rotatable bonds is 9. The van der Waals surface area contributed by atoms with Crippen molar-refractivity contribution in [3.8, 4) is 11.3 Å². The highest BCUT2D eigenvalue weighted by molar-refractivity contribution is 7.89. The van der Waals surface area contributed by atoms with E-state index in [4.69, 9.17) is 4.74 Å². The van der Waals surface area contributed by atoms with E-state index in [-0.39, 0.29) is 4.90 Å². The number of hydrogen-bond donors (Lipinski definition) is 0. The first-order valence-corrected chi connectivity index (χ1v) is 13.1. The summed E-state index contributed by atoms with van der Waals surface area (Å²) in [6.07, 6.45) is 5.01. The second kappa shape index (κ2) is 10.8. The maximum Gasteiger partial charge on any atom is 0.246 e. The standard InChI is InChI=1S/C24H33N7O3S/c1-19-22(17-28(2)27-19)35(32,33)29(3)11-12-30-13-15-31(16-14-30)24-23(25-9-10-26-24)21-7-5-20(6-8-21)18-34-4/h5-10,17H,11-16,18H2,1-4H3. The molecule has 0 saturated carbocycles. The number of ether oxygens (including phenoxy) is 1. The second-order valence-corrected chi connectivity index (χ2v) is 10.8. The predicted molar refractivity (Wildman–Crippen MR) is 135 cm³/mol. The van der Waals surface area contributed by atoms with Crippen LogP contribution in [0.5, 0.6) is 0 Å². The summed E-state index contributed by atoms with van der Waals surface area (Å²) < 4.78 is 34.0. The molecule has 1 aliphatic heterocycles. The quantitative estimate of drug-likeness (QED) is 0.440. The Morgan fingerprint density at radius 2 is 1.74 bits per heavy atom. The van der Waals surface area contributed by atoms with Gasteiger partial charge in [-0.1, -0.05) is 24.3 Å². The van der Waals surface area contributed by atoms with E-state index >= 15 is 0 Å². The SMILES string of the molecule is COCc1ccc(-c2nccnc2N2CCN(CCN(C)S(=O)(=O)c3cn(C)nc3C)CC2)cc1. The molecule has 1 fully saturated rings. The molecule has 188 valence electrons. The Balaban J connectivity index is 1.36. The maximum absolute atomic E-state index is 12.9. The Morgan fingerprint density at radius 1 is 1.06 bits per heavy atom. The van der Waals surface area contributed by atoms with E-state index in [0.717, 1.165) is 48.8 Å². The van der Waals surface area contributed by atoms with Crippen molar-refractivity contribution in [1.82, 2.24) is 29.0 Å². The van der Waals surface area contributed by atoms with Crippen molar-refractivity contribution in [2.24, 2.45) is 7.05 Å². The summed E-state index contributed by atoms with van der Waals surface area (Å²) in [4.78, 5) is 14.1. The zero-order valence-corrected chi connectivity index (χ0v) is 21.6. The number of methoxy groups -OCH3 is 1. The van der Waals surface area contributed by atoms with E-state index in [2.05, 4.69) is 37.0 Å². The average Bonchev–Trinajstić information content (AvgIpc) is 3.22. The predicted octanol–water partition coefficient (Wildman–Crippen LogP) is 1.77. The van der Waals surface area contributed by atoms with Crippen LogP contribution >= 0.6 is 0 Å². The zero-order chi connectivity index (χ0) is 25.0. The van der Waals surface area contributed by atoms with Crippen molar-refractivity contribution >= 4 is 15.8 Å². The minimum atomic E-state index is -3.56. The summed E-state index contributed by atoms with van der Waals surface area (Å²) in [6.45, 7) is 6.61. The minimum absolute atomic E-state index is 0.262. The summed E-state index contributed by atoms with van der Waals surface area (Å²) in [5.74, 6) is 0.874. The van der Waals surface area contributed by atoms with Crippen LogP contribution in [-0.2, 0) is 28.4 Å². The molecule has 10 nitrogen and oxygen atoms in total. The van der Waals surface area contributed by atoms with Gasteiger partial charge in [-0.05, 0) is 12.5 Å². The number of sulfonamides is 1. The lowest BCUT2D eigenvalue weighted by Crippen LogP contribution is -2.49. The van der Waals surface area contributed by atoms with Gasteiger partial charge in [-0.3, -0.25) is 14.6 Å². The number of nitrogens with zero attached hydrogens (tertiary/aromatic N) is 7. The van der Waals surface area contributed by atoms with Crippen LogP contribution in [0.3, 0.4) is 0 Å². The second-order valence-electron chi connectivity index (χ2n) is 8.77. The molecule has 0 atom stereocenters. The van der Waals surface area contributed by atoms with Crippen LogP contribution in [0.2, 0.25) is 0 Å². The average molecular weight is 500 g/mol. The Kier molecular flexibility index (Phi) is 7.80. The fraction of sp³-hybridized carbons (Fsp3) is 0.458. The number of aryl methyl sites for hydroxylation is 2. The molecule has 0 amide bonds. The summed E-state index contributed by atoms with van der Waals surface area (Å²) >= 11 is 0. The number of aromatic nitrogens is 4. The van der Waals surface area contributed by atoms with Gasteiger partial charge in [-0.2, -0.15) is 9.40 Å². The molecular weight excluding hydrogens is 466 g/mol. The molecule has 0 radical (unpaired) electrons. The summed E-state index contributed by atoms with van der Waals surface area (Å²) in [7, 11) is 1.48. The first-order valence-electron chi connectivity index (χ1n) is 11.6. The van der Waals surface area contributed by atoms with Gasteiger partial charge in [0.25, 0.3) is 0 Å². The molecule has 11 heteroatoms. The molecule has 35 heavy (non-hydrogen) atoms. The number of likely N-dealkylation sites (N-methyl/N-ethyl adjacent to an activating group) is 1. The third-order valence-corrected chi connectivity index (χ3v) is 8.24. The molecule has 1 saturated heterocycles. The summed E-state index contributed by atoms with van der Waals surface area (Å²) in [6, 6.07) is 8.20. The van der Waals surface area contributed by atoms with Gasteiger partial charge in [0.1, 0.15) is 10.6 Å². The Hall–Kier alpha value is -2.86. The van der Waals surface area contributed by atoms with Crippen molar-refractivity contribution in [3.63, 3.8) is 0 Å². The van der Waals surface area contributed by atoms with Crippen LogP contribution in [0, 0.1) is 6.92 Å². The third kappa shape index (κ3) is 5.69. The topological polar surface area (TPSA) is 96.7 Å². The molecular formula is C24H33N7O3S. The monoisotopic (exact) mass is 499 g/mol. The van der Waals surface area contributed by atoms with E-state index in [1.807, 2.05) is 12.1 Å². The molecule has 0 bridgehead atoms. The lowest BCUT2D eigenvalue weighted by Gasteiger charge is -2.36. The smallest absolute Gasteiger partial charge is 0.246 e. The van der Waals surface area contributed by atoms with E-state index < -0.39 is 10.0 Å². The Bertz CT molecular complexity index is 1240. The normalized spacial score (nSPS) is 15.2. The molecule has 3 heterocycles. The highest BCUT2D eigenvalue weighted by atomic mass is 32.2. The van der Waals surface area contributed by atoms with Crippen LogP contribution in [0.25, 0.3) is 11.3 Å². The van der Waals surface area contributed by atoms with Crippen molar-refractivity contribution in [3.05, 3.63) is 54.1 Å². The van der Waals surface area contributed by atoms with Gasteiger partial charge in [0.15, 0.2) is 5.82 Å². The summed E-state index contributed by atoms with van der Waals surface area (Å²) in [5, 5.41) is 4.17. The largest absolute Gasteiger partial charge is 0.380 e. The molecule has 1 aliphatic rings. The van der Waals surface area contributed by atoms with Crippen LogP contribution in [0.15, 0.2) is 47.8 Å². The fourth-order valence-electron chi connectivity index (χ4n) is 4.28. The van der Waals surface area contributed by atoms with Crippen molar-refractivity contribution in [2.75, 3.05) is 58.3 Å². The van der Waals surface area contributed by atoms with Crippen LogP contribution in [0.4, 0.5) is 5.82 Å². The van der Waals surface area contributed by atoms with E-state index in [0.29, 0.717) is 25.4 Å². The number of benzene rings is 1. The number of piperazine rings is 1. The zero-order valence-electron chi connectivity index (χ0n) is 20.8. The van der Waals surface area contributed by atoms with Gasteiger partial charge in [0, 0.05) is 84.6 Å². The van der Waals surface area contributed by atoms with E-state index in [1.54, 1.807) is 46.7 Å². The van der Waals surface area contributed by atoms with Gasteiger partial charge >= 0.3 is 0 Å². The lowest BCUT2D eigenvalue weighted by molar-refractivity contribution is 0.185. The first-order chi connectivity index (χ1) is 16.8. The van der Waals surface area contributed by atoms with Crippen LogP contribution in [0.1, 0.15) is 11.3 Å². The first kappa shape index (κ1) is 25.2. The maximum atomic E-state index is 12.9. The highest BCUT2D eigenvalue weighted by Gasteiger charge is 2.27. The molecule has 0 spiro atoms. The molecule has 0 N–H and O–H groups in total. The lowest BCUT2D eigenvalue weighted by atomic mass is 10.1. The third-order valence-electron chi connectivity index (χ3n) is 6.28. The molecule has 1 aromatic carbocycles. The van der Waals surface area contributed by atoms with Gasteiger partial charge in [-0.15, -0.1) is 0 Å². The van der Waals surface area contributed by atoms with Gasteiger partial charge in [0.05, 0.1) is 12.3 Å². The molecule has 2 aromatic heterocycles. The van der Waals surface area contributed by atoms with Crippen LogP contribution in [-0.4, -0.2) is 90.8 Å². The van der Waals surface area contributed by atoms with Crippen molar-refractivity contribution in [1.29, 1.82) is 0 Å². The van der Waals surface area contributed by atoms with E-state index in [9.17, 15) is 8.42 Å². The van der Waals surface area contributed by atoms with Gasteiger partial charge in [-0.25, -0.2) is 13.4 Å². The highest BCUT2D eigenvalue weighted by Crippen LogP contribution is 2.27. The molecule has 0 unspecified atom stereocenters. The summed E-state index contributed by atoms with van der Waals surface area (Å²) in [5.41, 5.74) is 3.51. The fourth-order valence-corrected chi connectivity index (χ4v) is 5.63.